The van der Waals surface area contributed by atoms with Gasteiger partial charge in [-0.15, -0.1) is 0 Å². The molecular weight excluding hydrogens is 228 g/mol. The van der Waals surface area contributed by atoms with Gasteiger partial charge in [0.1, 0.15) is 0 Å². The standard InChI is InChI=1S/C14H14N2O2/c1-6-7(2)9(4)12-11(8(6)3)13(17)10(5-15)14(18)16-12/h10H,1-4H3,(H,16,18). The molecule has 18 heavy (non-hydrogen) atoms. The molecule has 1 aliphatic rings. The number of benzene rings is 1. The van der Waals surface area contributed by atoms with Gasteiger partial charge in [0.15, 0.2) is 11.7 Å². The highest BCUT2D eigenvalue weighted by Gasteiger charge is 2.37. The van der Waals surface area contributed by atoms with E-state index in [9.17, 15) is 9.59 Å². The van der Waals surface area contributed by atoms with Gasteiger partial charge in [-0.25, -0.2) is 0 Å². The molecule has 1 aliphatic heterocycles. The Morgan fingerprint density at radius 1 is 1.00 bits per heavy atom. The average Bonchev–Trinajstić information content (AvgIpc) is 2.33. The summed E-state index contributed by atoms with van der Waals surface area (Å²) in [6.45, 7) is 7.64. The summed E-state index contributed by atoms with van der Waals surface area (Å²) in [6, 6.07) is 1.76. The lowest BCUT2D eigenvalue weighted by Crippen LogP contribution is -2.35. The first-order valence-corrected chi connectivity index (χ1v) is 5.75. The van der Waals surface area contributed by atoms with E-state index in [1.54, 1.807) is 6.07 Å². The lowest BCUT2D eigenvalue weighted by atomic mass is 9.84. The molecule has 92 valence electrons. The monoisotopic (exact) mass is 242 g/mol. The van der Waals surface area contributed by atoms with Crippen LogP contribution >= 0.6 is 0 Å². The molecule has 0 aliphatic carbocycles. The summed E-state index contributed by atoms with van der Waals surface area (Å²) < 4.78 is 0. The van der Waals surface area contributed by atoms with Gasteiger partial charge in [-0.05, 0) is 49.9 Å². The number of hydrogen-bond acceptors (Lipinski definition) is 3. The Kier molecular flexibility index (Phi) is 2.70. The van der Waals surface area contributed by atoms with E-state index in [1.165, 1.54) is 0 Å². The van der Waals surface area contributed by atoms with Crippen LogP contribution in [0.1, 0.15) is 32.6 Å². The molecule has 1 N–H and O–H groups in total. The number of hydrogen-bond donors (Lipinski definition) is 1. The second kappa shape index (κ2) is 3.95. The Bertz CT molecular complexity index is 624. The molecule has 1 amide bonds. The van der Waals surface area contributed by atoms with Gasteiger partial charge in [-0.3, -0.25) is 9.59 Å². The third kappa shape index (κ3) is 1.44. The first-order chi connectivity index (χ1) is 8.40. The van der Waals surface area contributed by atoms with Gasteiger partial charge in [0.25, 0.3) is 0 Å². The molecule has 0 bridgehead atoms. The summed E-state index contributed by atoms with van der Waals surface area (Å²) in [6.07, 6.45) is 0. The molecule has 1 aromatic rings. The largest absolute Gasteiger partial charge is 0.324 e. The summed E-state index contributed by atoms with van der Waals surface area (Å²) in [4.78, 5) is 23.9. The zero-order valence-electron chi connectivity index (χ0n) is 10.8. The first kappa shape index (κ1) is 12.3. The van der Waals surface area contributed by atoms with Crippen molar-refractivity contribution < 1.29 is 9.59 Å². The molecule has 4 nitrogen and oxygen atoms in total. The van der Waals surface area contributed by atoms with E-state index in [2.05, 4.69) is 5.32 Å². The number of rotatable bonds is 0. The van der Waals surface area contributed by atoms with E-state index in [-0.39, 0.29) is 5.78 Å². The maximum atomic E-state index is 12.2. The van der Waals surface area contributed by atoms with Crippen LogP contribution in [0.15, 0.2) is 0 Å². The molecule has 0 spiro atoms. The molecule has 0 saturated carbocycles. The number of amides is 1. The van der Waals surface area contributed by atoms with Crippen LogP contribution in [0.2, 0.25) is 0 Å². The molecule has 4 heteroatoms. The predicted molar refractivity (Wildman–Crippen MR) is 67.5 cm³/mol. The van der Waals surface area contributed by atoms with Gasteiger partial charge in [0.05, 0.1) is 11.8 Å². The lowest BCUT2D eigenvalue weighted by Gasteiger charge is -2.25. The Hall–Kier alpha value is -2.15. The minimum Gasteiger partial charge on any atom is -0.324 e. The maximum Gasteiger partial charge on any atom is 0.249 e. The number of Topliss-reactive ketones (excluding diaryl/α,β-unsaturated/α-hetero) is 1. The Morgan fingerprint density at radius 3 is 2.11 bits per heavy atom. The highest BCUT2D eigenvalue weighted by Crippen LogP contribution is 2.35. The molecule has 1 heterocycles. The number of ketones is 1. The zero-order valence-corrected chi connectivity index (χ0v) is 10.8. The highest BCUT2D eigenvalue weighted by molar-refractivity contribution is 6.23. The Labute approximate surface area is 106 Å². The number of nitriles is 1. The van der Waals surface area contributed by atoms with Crippen molar-refractivity contribution in [2.24, 2.45) is 5.92 Å². The smallest absolute Gasteiger partial charge is 0.249 e. The Morgan fingerprint density at radius 2 is 1.56 bits per heavy atom. The number of fused-ring (bicyclic) bond motifs is 1. The SMILES string of the molecule is Cc1c(C)c(C)c2c(c1C)NC(=O)C(C#N)C2=O. The van der Waals surface area contributed by atoms with Gasteiger partial charge in [-0.2, -0.15) is 5.26 Å². The van der Waals surface area contributed by atoms with Crippen LogP contribution in [0.3, 0.4) is 0 Å². The molecule has 1 atom stereocenters. The van der Waals surface area contributed by atoms with Crippen molar-refractivity contribution in [2.45, 2.75) is 27.7 Å². The summed E-state index contributed by atoms with van der Waals surface area (Å²) in [5.74, 6) is -2.14. The van der Waals surface area contributed by atoms with E-state index in [0.717, 1.165) is 22.3 Å². The number of carbonyl (C=O) groups excluding carboxylic acids is 2. The van der Waals surface area contributed by atoms with Crippen molar-refractivity contribution >= 4 is 17.4 Å². The summed E-state index contributed by atoms with van der Waals surface area (Å²) in [7, 11) is 0. The normalized spacial score (nSPS) is 18.1. The molecule has 1 aromatic carbocycles. The topological polar surface area (TPSA) is 70.0 Å². The van der Waals surface area contributed by atoms with Crippen LogP contribution in [-0.4, -0.2) is 11.7 Å². The minimum atomic E-state index is -1.22. The van der Waals surface area contributed by atoms with Crippen LogP contribution in [0.5, 0.6) is 0 Å². The predicted octanol–water partition coefficient (Wildman–Crippen LogP) is 2.19. The molecule has 2 rings (SSSR count). The van der Waals surface area contributed by atoms with Gasteiger partial charge in [0, 0.05) is 5.56 Å². The third-order valence-corrected chi connectivity index (χ3v) is 3.84. The highest BCUT2D eigenvalue weighted by atomic mass is 16.2. The summed E-state index contributed by atoms with van der Waals surface area (Å²) >= 11 is 0. The number of carbonyl (C=O) groups is 2. The fraction of sp³-hybridized carbons (Fsp3) is 0.357. The van der Waals surface area contributed by atoms with E-state index in [1.807, 2.05) is 27.7 Å². The fourth-order valence-corrected chi connectivity index (χ4v) is 2.35. The van der Waals surface area contributed by atoms with Crippen molar-refractivity contribution in [3.8, 4) is 6.07 Å². The van der Waals surface area contributed by atoms with Crippen molar-refractivity contribution in [3.63, 3.8) is 0 Å². The van der Waals surface area contributed by atoms with Crippen molar-refractivity contribution in [3.05, 3.63) is 27.8 Å². The van der Waals surface area contributed by atoms with Crippen LogP contribution in [0.4, 0.5) is 5.69 Å². The molecule has 0 saturated heterocycles. The zero-order chi connectivity index (χ0) is 13.6. The lowest BCUT2D eigenvalue weighted by molar-refractivity contribution is -0.117. The van der Waals surface area contributed by atoms with Crippen molar-refractivity contribution in [1.29, 1.82) is 5.26 Å². The summed E-state index contributed by atoms with van der Waals surface area (Å²) in [5, 5.41) is 11.6. The van der Waals surface area contributed by atoms with Crippen LogP contribution in [-0.2, 0) is 4.79 Å². The van der Waals surface area contributed by atoms with Gasteiger partial charge in [-0.1, -0.05) is 0 Å². The molecule has 0 fully saturated rings. The minimum absolute atomic E-state index is 0.389. The van der Waals surface area contributed by atoms with E-state index >= 15 is 0 Å². The van der Waals surface area contributed by atoms with Gasteiger partial charge in [0.2, 0.25) is 5.91 Å². The number of anilines is 1. The quantitative estimate of drug-likeness (QED) is 0.709. The third-order valence-electron chi connectivity index (χ3n) is 3.84. The Balaban J connectivity index is 2.81. The second-order valence-electron chi connectivity index (χ2n) is 4.67. The fourth-order valence-electron chi connectivity index (χ4n) is 2.35. The summed E-state index contributed by atoms with van der Waals surface area (Å²) in [5.41, 5.74) is 4.89. The van der Waals surface area contributed by atoms with Gasteiger partial charge >= 0.3 is 0 Å². The number of nitrogens with zero attached hydrogens (tertiary/aromatic N) is 1. The molecule has 0 radical (unpaired) electrons. The van der Waals surface area contributed by atoms with Crippen molar-refractivity contribution in [2.75, 3.05) is 5.32 Å². The van der Waals surface area contributed by atoms with Gasteiger partial charge < -0.3 is 5.32 Å². The first-order valence-electron chi connectivity index (χ1n) is 5.75. The van der Waals surface area contributed by atoms with E-state index in [0.29, 0.717) is 11.3 Å². The molecule has 0 aromatic heterocycles. The second-order valence-corrected chi connectivity index (χ2v) is 4.67. The molecular formula is C14H14N2O2. The van der Waals surface area contributed by atoms with E-state index < -0.39 is 11.8 Å². The van der Waals surface area contributed by atoms with Crippen LogP contribution in [0.25, 0.3) is 0 Å². The van der Waals surface area contributed by atoms with Crippen LogP contribution in [0, 0.1) is 44.9 Å². The number of nitrogens with one attached hydrogen (secondary N) is 1. The van der Waals surface area contributed by atoms with Crippen LogP contribution < -0.4 is 5.32 Å². The maximum absolute atomic E-state index is 12.2. The molecule has 1 unspecified atom stereocenters. The van der Waals surface area contributed by atoms with E-state index in [4.69, 9.17) is 5.26 Å². The average molecular weight is 242 g/mol. The van der Waals surface area contributed by atoms with Crippen molar-refractivity contribution in [1.82, 2.24) is 0 Å².